The third kappa shape index (κ3) is 14.6. The number of aromatic hydroxyl groups is 1. The molecule has 11 nitrogen and oxygen atoms in total. The highest BCUT2D eigenvalue weighted by Gasteiger charge is 2.15. The van der Waals surface area contributed by atoms with Crippen LogP contribution in [0.5, 0.6) is 5.75 Å². The number of hydrogen-bond donors (Lipinski definition) is 4. The van der Waals surface area contributed by atoms with Crippen LogP contribution >= 0.6 is 0 Å². The number of sulfonamides is 1. The zero-order valence-corrected chi connectivity index (χ0v) is 28.6. The van der Waals surface area contributed by atoms with Crippen LogP contribution in [-0.4, -0.2) is 57.7 Å². The molecule has 0 atom stereocenters. The lowest BCUT2D eigenvalue weighted by molar-refractivity contribution is -0.116. The Morgan fingerprint density at radius 1 is 0.913 bits per heavy atom. The fraction of sp³-hybridized carbons (Fsp3) is 0.559. The molecule has 46 heavy (non-hydrogen) atoms. The lowest BCUT2D eigenvalue weighted by Crippen LogP contribution is -2.34. The monoisotopic (exact) mass is 660 g/mol. The summed E-state index contributed by atoms with van der Waals surface area (Å²) in [6.07, 6.45) is 12.8. The van der Waals surface area contributed by atoms with E-state index in [9.17, 15) is 27.9 Å². The van der Waals surface area contributed by atoms with Gasteiger partial charge in [0.15, 0.2) is 6.29 Å². The van der Waals surface area contributed by atoms with E-state index in [1.807, 2.05) is 30.9 Å². The third-order valence-electron chi connectivity index (χ3n) is 7.71. The normalized spacial score (nSPS) is 11.2. The lowest BCUT2D eigenvalue weighted by atomic mass is 10.1. The Balaban J connectivity index is 1.91. The van der Waals surface area contributed by atoms with Gasteiger partial charge >= 0.3 is 6.09 Å². The number of hydrogen-bond acceptors (Lipinski definition) is 8. The number of anilines is 3. The van der Waals surface area contributed by atoms with Crippen LogP contribution in [-0.2, 0) is 26.2 Å². The van der Waals surface area contributed by atoms with Gasteiger partial charge in [0, 0.05) is 48.7 Å². The second kappa shape index (κ2) is 20.5. The van der Waals surface area contributed by atoms with Crippen molar-refractivity contribution < 1.29 is 32.6 Å². The number of aryl methyl sites for hydroxylation is 1. The molecule has 2 rings (SSSR count). The van der Waals surface area contributed by atoms with Gasteiger partial charge in [0.2, 0.25) is 15.9 Å². The van der Waals surface area contributed by atoms with E-state index in [0.717, 1.165) is 36.8 Å². The van der Waals surface area contributed by atoms with Crippen LogP contribution in [0.4, 0.5) is 21.9 Å². The topological polar surface area (TPSA) is 154 Å². The van der Waals surface area contributed by atoms with Crippen LogP contribution in [0.25, 0.3) is 0 Å². The first kappa shape index (κ1) is 38.5. The van der Waals surface area contributed by atoms with E-state index < -0.39 is 16.1 Å². The number of rotatable bonds is 22. The standard InChI is InChI=1S/C34H52N4O7S/c1-5-7-8-9-10-11-12-13-14-15-16-33(41)36-31-22-27(24-39)32(40)23-28(31)25-45-34(42)37-30-18-17-29(21-26(30)3)38(6-2)20-19-35-46(4,43)44/h17-18,21-24,35,40H,5-16,19-20,25H2,1-4H3,(H,36,41)(H,37,42). The number of likely N-dealkylation sites (N-methyl/N-ethyl adjacent to an activating group) is 1. The summed E-state index contributed by atoms with van der Waals surface area (Å²) in [6.45, 7) is 7.17. The van der Waals surface area contributed by atoms with Crippen molar-refractivity contribution in [2.75, 3.05) is 41.4 Å². The lowest BCUT2D eigenvalue weighted by Gasteiger charge is -2.24. The Labute approximate surface area is 274 Å². The van der Waals surface area contributed by atoms with E-state index in [0.29, 0.717) is 42.7 Å². The van der Waals surface area contributed by atoms with Crippen molar-refractivity contribution in [3.8, 4) is 5.75 Å². The molecule has 0 saturated carbocycles. The molecule has 0 radical (unpaired) electrons. The molecule has 0 aliphatic rings. The highest BCUT2D eigenvalue weighted by atomic mass is 32.2. The maximum atomic E-state index is 12.7. The Morgan fingerprint density at radius 3 is 2.15 bits per heavy atom. The predicted octanol–water partition coefficient (Wildman–Crippen LogP) is 6.89. The molecule has 12 heteroatoms. The fourth-order valence-corrected chi connectivity index (χ4v) is 5.54. The molecular weight excluding hydrogens is 608 g/mol. The van der Waals surface area contributed by atoms with Gasteiger partial charge in [-0.25, -0.2) is 17.9 Å². The van der Waals surface area contributed by atoms with Crippen LogP contribution in [0.15, 0.2) is 30.3 Å². The second-order valence-corrected chi connectivity index (χ2v) is 13.4. The molecule has 256 valence electrons. The molecule has 0 spiro atoms. The number of nitrogens with one attached hydrogen (secondary N) is 3. The number of nitrogens with zero attached hydrogens (tertiary/aromatic N) is 1. The smallest absolute Gasteiger partial charge is 0.411 e. The quantitative estimate of drug-likeness (QED) is 0.0605. The average molecular weight is 661 g/mol. The summed E-state index contributed by atoms with van der Waals surface area (Å²) in [5.74, 6) is -0.489. The van der Waals surface area contributed by atoms with Gasteiger partial charge in [-0.3, -0.25) is 14.9 Å². The Kier molecular flexibility index (Phi) is 17.2. The summed E-state index contributed by atoms with van der Waals surface area (Å²) >= 11 is 0. The van der Waals surface area contributed by atoms with Gasteiger partial charge in [0.25, 0.3) is 0 Å². The minimum atomic E-state index is -3.28. The van der Waals surface area contributed by atoms with Gasteiger partial charge in [-0.2, -0.15) is 0 Å². The highest BCUT2D eigenvalue weighted by Crippen LogP contribution is 2.27. The second-order valence-electron chi connectivity index (χ2n) is 11.6. The zero-order valence-electron chi connectivity index (χ0n) is 27.8. The van der Waals surface area contributed by atoms with Crippen molar-refractivity contribution >= 4 is 45.4 Å². The van der Waals surface area contributed by atoms with Crippen molar-refractivity contribution in [3.63, 3.8) is 0 Å². The molecule has 4 N–H and O–H groups in total. The number of phenols is 1. The van der Waals surface area contributed by atoms with Crippen molar-refractivity contribution in [1.29, 1.82) is 0 Å². The molecule has 0 aliphatic carbocycles. The van der Waals surface area contributed by atoms with Crippen LogP contribution in [0.2, 0.25) is 0 Å². The van der Waals surface area contributed by atoms with E-state index in [-0.39, 0.29) is 30.4 Å². The van der Waals surface area contributed by atoms with E-state index >= 15 is 0 Å². The largest absolute Gasteiger partial charge is 0.507 e. The van der Waals surface area contributed by atoms with Crippen molar-refractivity contribution in [2.45, 2.75) is 98.0 Å². The molecule has 0 unspecified atom stereocenters. The summed E-state index contributed by atoms with van der Waals surface area (Å²) in [5, 5.41) is 15.8. The van der Waals surface area contributed by atoms with Gasteiger partial charge in [-0.05, 0) is 56.2 Å². The summed E-state index contributed by atoms with van der Waals surface area (Å²) in [6, 6.07) is 8.14. The SMILES string of the molecule is CCCCCCCCCCCCC(=O)Nc1cc(C=O)c(O)cc1COC(=O)Nc1ccc(N(CC)CCNS(C)(=O)=O)cc1C. The van der Waals surface area contributed by atoms with Gasteiger partial charge in [-0.1, -0.05) is 64.7 Å². The van der Waals surface area contributed by atoms with Gasteiger partial charge in [0.05, 0.1) is 11.8 Å². The number of phenolic OH excluding ortho intramolecular Hbond substituents is 1. The Morgan fingerprint density at radius 2 is 1.57 bits per heavy atom. The average Bonchev–Trinajstić information content (AvgIpc) is 3.00. The number of amides is 2. The molecule has 0 aliphatic heterocycles. The zero-order chi connectivity index (χ0) is 34.0. The molecule has 2 aromatic carbocycles. The molecule has 0 aromatic heterocycles. The summed E-state index contributed by atoms with van der Waals surface area (Å²) < 4.78 is 30.6. The van der Waals surface area contributed by atoms with Crippen molar-refractivity contribution in [2.24, 2.45) is 0 Å². The minimum absolute atomic E-state index is 0.0198. The molecule has 0 saturated heterocycles. The van der Waals surface area contributed by atoms with E-state index in [4.69, 9.17) is 4.74 Å². The molecule has 2 aromatic rings. The number of carbonyl (C=O) groups is 3. The van der Waals surface area contributed by atoms with E-state index in [2.05, 4.69) is 22.3 Å². The predicted molar refractivity (Wildman–Crippen MR) is 184 cm³/mol. The molecular formula is C34H52N4O7S. The molecule has 0 heterocycles. The van der Waals surface area contributed by atoms with E-state index in [1.54, 1.807) is 6.07 Å². The number of carbonyl (C=O) groups excluding carboxylic acids is 3. The number of ether oxygens (including phenoxy) is 1. The van der Waals surface area contributed by atoms with E-state index in [1.165, 1.54) is 57.1 Å². The maximum absolute atomic E-state index is 12.7. The Hall–Kier alpha value is -3.64. The van der Waals surface area contributed by atoms with Gasteiger partial charge in [-0.15, -0.1) is 0 Å². The number of unbranched alkanes of at least 4 members (excludes halogenated alkanes) is 9. The molecule has 2 amide bonds. The van der Waals surface area contributed by atoms with Crippen LogP contribution in [0.3, 0.4) is 0 Å². The van der Waals surface area contributed by atoms with Crippen molar-refractivity contribution in [1.82, 2.24) is 4.72 Å². The van der Waals surface area contributed by atoms with Crippen LogP contribution in [0, 0.1) is 6.92 Å². The summed E-state index contributed by atoms with van der Waals surface area (Å²) in [5.41, 5.74) is 2.85. The molecule has 0 fully saturated rings. The summed E-state index contributed by atoms with van der Waals surface area (Å²) in [4.78, 5) is 38.8. The van der Waals surface area contributed by atoms with Gasteiger partial charge in [0.1, 0.15) is 12.4 Å². The Bertz CT molecular complexity index is 1380. The fourth-order valence-electron chi connectivity index (χ4n) is 5.07. The first-order chi connectivity index (χ1) is 22.0. The molecule has 0 bridgehead atoms. The minimum Gasteiger partial charge on any atom is -0.507 e. The van der Waals surface area contributed by atoms with Crippen LogP contribution < -0.4 is 20.3 Å². The highest BCUT2D eigenvalue weighted by molar-refractivity contribution is 7.88. The first-order valence-electron chi connectivity index (χ1n) is 16.3. The first-order valence-corrected chi connectivity index (χ1v) is 18.2. The van der Waals surface area contributed by atoms with Crippen LogP contribution in [0.1, 0.15) is 106 Å². The number of aldehydes is 1. The van der Waals surface area contributed by atoms with Gasteiger partial charge < -0.3 is 20.1 Å². The maximum Gasteiger partial charge on any atom is 0.411 e. The van der Waals surface area contributed by atoms with Crippen molar-refractivity contribution in [3.05, 3.63) is 47.0 Å². The third-order valence-corrected chi connectivity index (χ3v) is 8.44. The number of benzene rings is 2. The summed E-state index contributed by atoms with van der Waals surface area (Å²) in [7, 11) is -3.28.